The van der Waals surface area contributed by atoms with Gasteiger partial charge < -0.3 is 4.90 Å². The number of pyridine rings is 2. The zero-order valence-electron chi connectivity index (χ0n) is 12.0. The lowest BCUT2D eigenvalue weighted by Gasteiger charge is -2.20. The minimum Gasteiger partial charge on any atom is -0.355 e. The summed E-state index contributed by atoms with van der Waals surface area (Å²) in [4.78, 5) is 10.9. The van der Waals surface area contributed by atoms with Gasteiger partial charge in [0, 0.05) is 25.5 Å². The van der Waals surface area contributed by atoms with E-state index in [9.17, 15) is 0 Å². The number of piperidine rings is 1. The number of aromatic nitrogens is 2. The van der Waals surface area contributed by atoms with Crippen molar-refractivity contribution < 1.29 is 0 Å². The first-order valence-corrected chi connectivity index (χ1v) is 7.34. The second-order valence-corrected chi connectivity index (χ2v) is 5.92. The van der Waals surface area contributed by atoms with E-state index >= 15 is 0 Å². The summed E-state index contributed by atoms with van der Waals surface area (Å²) in [5, 5.41) is 9.00. The van der Waals surface area contributed by atoms with Crippen LogP contribution in [0.2, 0.25) is 0 Å². The Morgan fingerprint density at radius 1 is 1.23 bits per heavy atom. The topological polar surface area (TPSA) is 52.8 Å². The minimum atomic E-state index is 0.0852. The molecule has 1 aliphatic carbocycles. The predicted octanol–water partition coefficient (Wildman–Crippen LogP) is 2.23. The molecule has 1 saturated heterocycles. The van der Waals surface area contributed by atoms with Gasteiger partial charge in [-0.1, -0.05) is 12.0 Å². The molecule has 22 heavy (non-hydrogen) atoms. The Morgan fingerprint density at radius 2 is 2.18 bits per heavy atom. The highest BCUT2D eigenvalue weighted by Crippen LogP contribution is 2.57. The quantitative estimate of drug-likeness (QED) is 0.754. The molecule has 2 fully saturated rings. The SMILES string of the molecule is N#Cc1ccnc(N2CC3CC3(C#Cc3ccccn3)C2)c1. The van der Waals surface area contributed by atoms with E-state index in [2.05, 4.69) is 32.8 Å². The molecule has 0 radical (unpaired) electrons. The standard InChI is InChI=1S/C18H14N4/c19-11-14-5-8-21-17(9-14)22-12-15-10-18(15,13-22)6-4-16-3-1-2-7-20-16/h1-3,5,7-9,15H,10,12-13H2. The molecule has 2 unspecified atom stereocenters. The highest BCUT2D eigenvalue weighted by atomic mass is 15.2. The molecule has 2 aromatic rings. The average Bonchev–Trinajstić information content (AvgIpc) is 3.14. The van der Waals surface area contributed by atoms with Crippen LogP contribution in [0, 0.1) is 34.5 Å². The normalized spacial score (nSPS) is 24.9. The molecule has 0 aromatic carbocycles. The average molecular weight is 286 g/mol. The Morgan fingerprint density at radius 3 is 3.00 bits per heavy atom. The third kappa shape index (κ3) is 2.19. The van der Waals surface area contributed by atoms with Crippen LogP contribution < -0.4 is 4.90 Å². The van der Waals surface area contributed by atoms with E-state index in [1.807, 2.05) is 24.3 Å². The van der Waals surface area contributed by atoms with E-state index in [0.717, 1.165) is 31.0 Å². The highest BCUT2D eigenvalue weighted by molar-refractivity contribution is 5.50. The van der Waals surface area contributed by atoms with Gasteiger partial charge in [0.05, 0.1) is 17.0 Å². The summed E-state index contributed by atoms with van der Waals surface area (Å²) in [5.41, 5.74) is 1.56. The summed E-state index contributed by atoms with van der Waals surface area (Å²) < 4.78 is 0. The molecule has 1 aliphatic heterocycles. The van der Waals surface area contributed by atoms with Crippen molar-refractivity contribution in [2.45, 2.75) is 6.42 Å². The van der Waals surface area contributed by atoms with Crippen LogP contribution in [0.3, 0.4) is 0 Å². The van der Waals surface area contributed by atoms with Gasteiger partial charge in [0.15, 0.2) is 0 Å². The Kier molecular flexibility index (Phi) is 2.84. The lowest BCUT2D eigenvalue weighted by Crippen LogP contribution is -2.25. The molecule has 0 bridgehead atoms. The maximum Gasteiger partial charge on any atom is 0.129 e. The van der Waals surface area contributed by atoms with Crippen molar-refractivity contribution in [3.63, 3.8) is 0 Å². The molecule has 4 nitrogen and oxygen atoms in total. The molecule has 2 atom stereocenters. The molecule has 2 aromatic heterocycles. The van der Waals surface area contributed by atoms with Crippen LogP contribution >= 0.6 is 0 Å². The van der Waals surface area contributed by atoms with Gasteiger partial charge in [0.2, 0.25) is 0 Å². The molecule has 1 saturated carbocycles. The number of rotatable bonds is 1. The van der Waals surface area contributed by atoms with Gasteiger partial charge in [-0.25, -0.2) is 9.97 Å². The van der Waals surface area contributed by atoms with Crippen molar-refractivity contribution in [2.75, 3.05) is 18.0 Å². The molecule has 0 spiro atoms. The van der Waals surface area contributed by atoms with Gasteiger partial charge in [-0.15, -0.1) is 0 Å². The Bertz CT molecular complexity index is 812. The van der Waals surface area contributed by atoms with E-state index < -0.39 is 0 Å². The maximum atomic E-state index is 9.00. The zero-order chi connectivity index (χ0) is 15.0. The van der Waals surface area contributed by atoms with Crippen LogP contribution in [-0.4, -0.2) is 23.1 Å². The van der Waals surface area contributed by atoms with Crippen molar-refractivity contribution in [3.8, 4) is 17.9 Å². The van der Waals surface area contributed by atoms with Gasteiger partial charge in [-0.05, 0) is 42.5 Å². The Balaban J connectivity index is 1.54. The Labute approximate surface area is 129 Å². The maximum absolute atomic E-state index is 9.00. The van der Waals surface area contributed by atoms with E-state index in [1.165, 1.54) is 0 Å². The second kappa shape index (κ2) is 4.86. The van der Waals surface area contributed by atoms with Gasteiger partial charge in [-0.2, -0.15) is 5.26 Å². The molecule has 3 heterocycles. The third-order valence-corrected chi connectivity index (χ3v) is 4.45. The number of fused-ring (bicyclic) bond motifs is 1. The van der Waals surface area contributed by atoms with Gasteiger partial charge in [0.1, 0.15) is 11.5 Å². The van der Waals surface area contributed by atoms with Crippen molar-refractivity contribution in [1.29, 1.82) is 5.26 Å². The largest absolute Gasteiger partial charge is 0.355 e. The molecule has 4 rings (SSSR count). The van der Waals surface area contributed by atoms with Crippen LogP contribution in [-0.2, 0) is 0 Å². The van der Waals surface area contributed by atoms with E-state index in [4.69, 9.17) is 5.26 Å². The lowest BCUT2D eigenvalue weighted by atomic mass is 10.1. The van der Waals surface area contributed by atoms with Crippen molar-refractivity contribution in [3.05, 3.63) is 54.0 Å². The second-order valence-electron chi connectivity index (χ2n) is 5.92. The fourth-order valence-electron chi connectivity index (χ4n) is 3.14. The molecule has 0 amide bonds. The number of hydrogen-bond acceptors (Lipinski definition) is 4. The van der Waals surface area contributed by atoms with Crippen LogP contribution in [0.4, 0.5) is 5.82 Å². The summed E-state index contributed by atoms with van der Waals surface area (Å²) in [6, 6.07) is 11.5. The van der Waals surface area contributed by atoms with Gasteiger partial charge in [-0.3, -0.25) is 0 Å². The zero-order valence-corrected chi connectivity index (χ0v) is 12.0. The summed E-state index contributed by atoms with van der Waals surface area (Å²) >= 11 is 0. The van der Waals surface area contributed by atoms with Crippen molar-refractivity contribution in [2.24, 2.45) is 11.3 Å². The molecular weight excluding hydrogens is 272 g/mol. The molecule has 4 heteroatoms. The minimum absolute atomic E-state index is 0.0852. The van der Waals surface area contributed by atoms with Crippen LogP contribution in [0.25, 0.3) is 0 Å². The van der Waals surface area contributed by atoms with Crippen molar-refractivity contribution >= 4 is 5.82 Å². The summed E-state index contributed by atoms with van der Waals surface area (Å²) in [6.45, 7) is 1.86. The van der Waals surface area contributed by atoms with E-state index in [-0.39, 0.29) is 5.41 Å². The highest BCUT2D eigenvalue weighted by Gasteiger charge is 2.59. The fraction of sp³-hybridized carbons (Fsp3) is 0.278. The number of nitriles is 1. The molecule has 2 aliphatic rings. The number of hydrogen-bond donors (Lipinski definition) is 0. The Hall–Kier alpha value is -2.85. The summed E-state index contributed by atoms with van der Waals surface area (Å²) in [6.07, 6.45) is 4.62. The fourth-order valence-corrected chi connectivity index (χ4v) is 3.14. The first kappa shape index (κ1) is 12.9. The van der Waals surface area contributed by atoms with Crippen LogP contribution in [0.15, 0.2) is 42.7 Å². The van der Waals surface area contributed by atoms with E-state index in [0.29, 0.717) is 11.5 Å². The van der Waals surface area contributed by atoms with Crippen molar-refractivity contribution in [1.82, 2.24) is 9.97 Å². The summed E-state index contributed by atoms with van der Waals surface area (Å²) in [7, 11) is 0. The lowest BCUT2D eigenvalue weighted by molar-refractivity contribution is 0.703. The third-order valence-electron chi connectivity index (χ3n) is 4.45. The molecule has 106 valence electrons. The summed E-state index contributed by atoms with van der Waals surface area (Å²) in [5.74, 6) is 8.12. The van der Waals surface area contributed by atoms with E-state index in [1.54, 1.807) is 18.5 Å². The smallest absolute Gasteiger partial charge is 0.129 e. The van der Waals surface area contributed by atoms with Crippen LogP contribution in [0.5, 0.6) is 0 Å². The number of anilines is 1. The van der Waals surface area contributed by atoms with Gasteiger partial charge in [0.25, 0.3) is 0 Å². The first-order valence-electron chi connectivity index (χ1n) is 7.34. The molecule has 0 N–H and O–H groups in total. The first-order chi connectivity index (χ1) is 10.8. The van der Waals surface area contributed by atoms with Crippen LogP contribution in [0.1, 0.15) is 17.7 Å². The number of nitrogens with zero attached hydrogens (tertiary/aromatic N) is 4. The van der Waals surface area contributed by atoms with Gasteiger partial charge >= 0.3 is 0 Å². The molecular formula is C18H14N4. The predicted molar refractivity (Wildman–Crippen MR) is 82.8 cm³/mol. The monoisotopic (exact) mass is 286 g/mol.